The van der Waals surface area contributed by atoms with Crippen LogP contribution in [-0.4, -0.2) is 40.7 Å². The summed E-state index contributed by atoms with van der Waals surface area (Å²) in [5.41, 5.74) is 0. The summed E-state index contributed by atoms with van der Waals surface area (Å²) in [6.45, 7) is 4.36. The SMILES string of the molecule is CCSC1CCCC1NC(=O)NCCCC(C)C(=O)O. The van der Waals surface area contributed by atoms with E-state index in [1.165, 1.54) is 12.8 Å². The predicted octanol–water partition coefficient (Wildman–Crippen LogP) is 2.46. The van der Waals surface area contributed by atoms with Gasteiger partial charge in [-0.25, -0.2) is 4.79 Å². The Bertz CT molecular complexity index is 326. The van der Waals surface area contributed by atoms with Crippen LogP contribution in [-0.2, 0) is 4.79 Å². The molecular weight excluding hydrogens is 276 g/mol. The second-order valence-electron chi connectivity index (χ2n) is 5.31. The fraction of sp³-hybridized carbons (Fsp3) is 0.857. The van der Waals surface area contributed by atoms with Gasteiger partial charge in [-0.3, -0.25) is 4.79 Å². The standard InChI is InChI=1S/C14H26N2O3S/c1-3-20-12-8-4-7-11(12)16-14(19)15-9-5-6-10(2)13(17)18/h10-12H,3-9H2,1-2H3,(H,17,18)(H2,15,16,19). The average Bonchev–Trinajstić information content (AvgIpc) is 2.82. The van der Waals surface area contributed by atoms with Gasteiger partial charge in [-0.05, 0) is 31.4 Å². The molecule has 5 nitrogen and oxygen atoms in total. The number of nitrogens with one attached hydrogen (secondary N) is 2. The van der Waals surface area contributed by atoms with Crippen molar-refractivity contribution in [3.05, 3.63) is 0 Å². The zero-order chi connectivity index (χ0) is 15.0. The number of rotatable bonds is 8. The number of carbonyl (C=O) groups excluding carboxylic acids is 1. The summed E-state index contributed by atoms with van der Waals surface area (Å²) in [7, 11) is 0. The van der Waals surface area contributed by atoms with Crippen molar-refractivity contribution >= 4 is 23.8 Å². The number of hydrogen-bond donors (Lipinski definition) is 3. The van der Waals surface area contributed by atoms with Crippen LogP contribution in [0.15, 0.2) is 0 Å². The van der Waals surface area contributed by atoms with E-state index >= 15 is 0 Å². The predicted molar refractivity (Wildman–Crippen MR) is 82.1 cm³/mol. The van der Waals surface area contributed by atoms with E-state index in [2.05, 4.69) is 17.6 Å². The molecule has 0 aromatic carbocycles. The number of carboxylic acid groups (broad SMARTS) is 1. The monoisotopic (exact) mass is 302 g/mol. The van der Waals surface area contributed by atoms with Crippen molar-refractivity contribution in [1.82, 2.24) is 10.6 Å². The Balaban J connectivity index is 2.15. The van der Waals surface area contributed by atoms with E-state index in [0.29, 0.717) is 24.6 Å². The maximum Gasteiger partial charge on any atom is 0.315 e. The highest BCUT2D eigenvalue weighted by Crippen LogP contribution is 2.29. The Hall–Kier alpha value is -0.910. The van der Waals surface area contributed by atoms with Crippen molar-refractivity contribution in [1.29, 1.82) is 0 Å². The van der Waals surface area contributed by atoms with Crippen molar-refractivity contribution < 1.29 is 14.7 Å². The second kappa shape index (κ2) is 9.10. The fourth-order valence-electron chi connectivity index (χ4n) is 2.46. The summed E-state index contributed by atoms with van der Waals surface area (Å²) < 4.78 is 0. The van der Waals surface area contributed by atoms with Crippen LogP contribution in [0, 0.1) is 5.92 Å². The lowest BCUT2D eigenvalue weighted by molar-refractivity contribution is -0.141. The second-order valence-corrected chi connectivity index (χ2v) is 6.83. The Labute approximate surface area is 125 Å². The first kappa shape index (κ1) is 17.1. The largest absolute Gasteiger partial charge is 0.481 e. The Morgan fingerprint density at radius 3 is 2.80 bits per heavy atom. The maximum atomic E-state index is 11.8. The van der Waals surface area contributed by atoms with Gasteiger partial charge in [0.05, 0.1) is 5.92 Å². The number of hydrogen-bond acceptors (Lipinski definition) is 3. The van der Waals surface area contributed by atoms with E-state index in [0.717, 1.165) is 12.2 Å². The maximum absolute atomic E-state index is 11.8. The highest BCUT2D eigenvalue weighted by atomic mass is 32.2. The molecule has 1 rings (SSSR count). The first-order valence-electron chi connectivity index (χ1n) is 7.43. The molecule has 0 aromatic heterocycles. The molecule has 0 spiro atoms. The Kier molecular flexibility index (Phi) is 7.80. The highest BCUT2D eigenvalue weighted by Gasteiger charge is 2.28. The van der Waals surface area contributed by atoms with Crippen molar-refractivity contribution in [3.63, 3.8) is 0 Å². The van der Waals surface area contributed by atoms with E-state index in [9.17, 15) is 9.59 Å². The molecule has 0 aliphatic heterocycles. The Morgan fingerprint density at radius 1 is 1.40 bits per heavy atom. The molecule has 2 amide bonds. The van der Waals surface area contributed by atoms with E-state index < -0.39 is 5.97 Å². The van der Waals surface area contributed by atoms with Gasteiger partial charge in [0.1, 0.15) is 0 Å². The van der Waals surface area contributed by atoms with Crippen LogP contribution in [0.3, 0.4) is 0 Å². The first-order valence-corrected chi connectivity index (χ1v) is 8.48. The molecule has 1 aliphatic carbocycles. The molecule has 3 unspecified atom stereocenters. The summed E-state index contributed by atoms with van der Waals surface area (Å²) in [4.78, 5) is 22.4. The molecule has 3 N–H and O–H groups in total. The van der Waals surface area contributed by atoms with Gasteiger partial charge in [0.2, 0.25) is 0 Å². The molecule has 1 saturated carbocycles. The van der Waals surface area contributed by atoms with Crippen molar-refractivity contribution in [2.24, 2.45) is 5.92 Å². The third kappa shape index (κ3) is 6.03. The summed E-state index contributed by atoms with van der Waals surface area (Å²) >= 11 is 1.92. The minimum atomic E-state index is -0.778. The number of carbonyl (C=O) groups is 2. The van der Waals surface area contributed by atoms with Crippen LogP contribution < -0.4 is 10.6 Å². The zero-order valence-electron chi connectivity index (χ0n) is 12.4. The van der Waals surface area contributed by atoms with Gasteiger partial charge in [0.15, 0.2) is 0 Å². The van der Waals surface area contributed by atoms with Gasteiger partial charge in [-0.1, -0.05) is 20.3 Å². The van der Waals surface area contributed by atoms with Crippen LogP contribution >= 0.6 is 11.8 Å². The molecule has 3 atom stereocenters. The van der Waals surface area contributed by atoms with Crippen LogP contribution in [0.4, 0.5) is 4.79 Å². The first-order chi connectivity index (χ1) is 9.54. The summed E-state index contributed by atoms with van der Waals surface area (Å²) in [6.07, 6.45) is 4.70. The lowest BCUT2D eigenvalue weighted by Crippen LogP contribution is -2.45. The molecule has 6 heteroatoms. The molecule has 0 heterocycles. The molecule has 0 radical (unpaired) electrons. The lowest BCUT2D eigenvalue weighted by atomic mass is 10.1. The zero-order valence-corrected chi connectivity index (χ0v) is 13.2. The molecular formula is C14H26N2O3S. The van der Waals surface area contributed by atoms with Gasteiger partial charge in [0, 0.05) is 17.8 Å². The van der Waals surface area contributed by atoms with E-state index in [1.54, 1.807) is 6.92 Å². The molecule has 1 fully saturated rings. The van der Waals surface area contributed by atoms with Crippen LogP contribution in [0.5, 0.6) is 0 Å². The van der Waals surface area contributed by atoms with Crippen LogP contribution in [0.25, 0.3) is 0 Å². The minimum absolute atomic E-state index is 0.124. The average molecular weight is 302 g/mol. The highest BCUT2D eigenvalue weighted by molar-refractivity contribution is 7.99. The van der Waals surface area contributed by atoms with Crippen LogP contribution in [0.2, 0.25) is 0 Å². The van der Waals surface area contributed by atoms with E-state index in [1.807, 2.05) is 11.8 Å². The topological polar surface area (TPSA) is 78.4 Å². The van der Waals surface area contributed by atoms with Gasteiger partial charge in [0.25, 0.3) is 0 Å². The molecule has 0 aromatic rings. The Morgan fingerprint density at radius 2 is 2.15 bits per heavy atom. The van der Waals surface area contributed by atoms with Crippen molar-refractivity contribution in [2.75, 3.05) is 12.3 Å². The van der Waals surface area contributed by atoms with Crippen LogP contribution in [0.1, 0.15) is 46.0 Å². The van der Waals surface area contributed by atoms with Crippen molar-refractivity contribution in [3.8, 4) is 0 Å². The van der Waals surface area contributed by atoms with Gasteiger partial charge >= 0.3 is 12.0 Å². The molecule has 0 bridgehead atoms. The third-order valence-electron chi connectivity index (χ3n) is 3.67. The summed E-state index contributed by atoms with van der Waals surface area (Å²) in [5.74, 6) is -0.0442. The molecule has 0 saturated heterocycles. The van der Waals surface area contributed by atoms with E-state index in [4.69, 9.17) is 5.11 Å². The van der Waals surface area contributed by atoms with Gasteiger partial charge in [-0.15, -0.1) is 0 Å². The van der Waals surface area contributed by atoms with Gasteiger partial charge in [-0.2, -0.15) is 11.8 Å². The van der Waals surface area contributed by atoms with Gasteiger partial charge < -0.3 is 15.7 Å². The summed E-state index contributed by atoms with van der Waals surface area (Å²) in [5, 5.41) is 15.1. The molecule has 20 heavy (non-hydrogen) atoms. The normalized spacial score (nSPS) is 23.3. The summed E-state index contributed by atoms with van der Waals surface area (Å²) in [6, 6.07) is 0.152. The lowest BCUT2D eigenvalue weighted by Gasteiger charge is -2.20. The molecule has 116 valence electrons. The number of urea groups is 1. The smallest absolute Gasteiger partial charge is 0.315 e. The number of carboxylic acids is 1. The number of thioether (sulfide) groups is 1. The van der Waals surface area contributed by atoms with E-state index in [-0.39, 0.29) is 18.0 Å². The quantitative estimate of drug-likeness (QED) is 0.602. The van der Waals surface area contributed by atoms with Crippen molar-refractivity contribution in [2.45, 2.75) is 57.2 Å². The fourth-order valence-corrected chi connectivity index (χ4v) is 3.66. The minimum Gasteiger partial charge on any atom is -0.481 e. The third-order valence-corrected chi connectivity index (χ3v) is 5.00. The molecule has 1 aliphatic rings. The number of amides is 2. The number of aliphatic carboxylic acids is 1.